The van der Waals surface area contributed by atoms with E-state index < -0.39 is 0 Å². The lowest BCUT2D eigenvalue weighted by atomic mass is 10.2. The third kappa shape index (κ3) is 4.92. The monoisotopic (exact) mass is 480 g/mol. The maximum absolute atomic E-state index is 5.39. The largest absolute Gasteiger partial charge is 0.454 e. The van der Waals surface area contributed by atoms with E-state index in [2.05, 4.69) is 24.3 Å². The highest BCUT2D eigenvalue weighted by Crippen LogP contribution is 2.47. The zero-order valence-electron chi connectivity index (χ0n) is 16.5. The summed E-state index contributed by atoms with van der Waals surface area (Å²) >= 11 is 8.11. The smallest absolute Gasteiger partial charge is 0.231 e. The molecular weight excluding hydrogens is 457 g/mol. The Bertz CT molecular complexity index is 795. The predicted octanol–water partition coefficient (Wildman–Crippen LogP) is 6.57. The van der Waals surface area contributed by atoms with Crippen molar-refractivity contribution in [2.75, 3.05) is 36.6 Å². The maximum atomic E-state index is 5.39. The van der Waals surface area contributed by atoms with Crippen LogP contribution in [0.4, 0.5) is 0 Å². The van der Waals surface area contributed by atoms with E-state index in [4.69, 9.17) is 18.9 Å². The van der Waals surface area contributed by atoms with Crippen LogP contribution >= 0.6 is 47.0 Å². The van der Waals surface area contributed by atoms with Crippen molar-refractivity contribution in [1.29, 1.82) is 0 Å². The van der Waals surface area contributed by atoms with E-state index in [-0.39, 0.29) is 0 Å². The summed E-state index contributed by atoms with van der Waals surface area (Å²) in [5, 5.41) is 0. The number of thioether (sulfide) groups is 4. The molecule has 2 fully saturated rings. The summed E-state index contributed by atoms with van der Waals surface area (Å²) in [6.07, 6.45) is 2.66. The summed E-state index contributed by atoms with van der Waals surface area (Å²) in [6, 6.07) is 12.6. The van der Waals surface area contributed by atoms with Gasteiger partial charge >= 0.3 is 0 Å². The second-order valence-electron chi connectivity index (χ2n) is 7.08. The van der Waals surface area contributed by atoms with Gasteiger partial charge in [-0.3, -0.25) is 0 Å². The van der Waals surface area contributed by atoms with Gasteiger partial charge in [-0.15, -0.1) is 47.0 Å². The first-order chi connectivity index (χ1) is 14.9. The van der Waals surface area contributed by atoms with Gasteiger partial charge < -0.3 is 18.9 Å². The van der Waals surface area contributed by atoms with Crippen LogP contribution < -0.4 is 18.9 Å². The van der Waals surface area contributed by atoms with Crippen molar-refractivity contribution in [2.24, 2.45) is 0 Å². The lowest BCUT2D eigenvalue weighted by Crippen LogP contribution is -1.99. The van der Waals surface area contributed by atoms with Gasteiger partial charge in [0.1, 0.15) is 0 Å². The average Bonchev–Trinajstić information content (AvgIpc) is 3.49. The molecule has 4 aliphatic rings. The Morgan fingerprint density at radius 1 is 0.533 bits per heavy atom. The Balaban J connectivity index is 0.000000128. The van der Waals surface area contributed by atoms with Crippen LogP contribution in [0.5, 0.6) is 23.0 Å². The fourth-order valence-electron chi connectivity index (χ4n) is 3.48. The minimum absolute atomic E-state index is 0.365. The van der Waals surface area contributed by atoms with Gasteiger partial charge in [0, 0.05) is 0 Å². The number of fused-ring (bicyclic) bond motifs is 2. The van der Waals surface area contributed by atoms with Crippen molar-refractivity contribution >= 4 is 47.0 Å². The zero-order chi connectivity index (χ0) is 20.2. The summed E-state index contributed by atoms with van der Waals surface area (Å²) < 4.78 is 22.5. The molecule has 4 nitrogen and oxygen atoms in total. The SMILES string of the molecule is c1cc2c(cc1C1SCCCS1)OCO2.c1cc2c(cc1C1SCCCS1)OCO2. The summed E-state index contributed by atoms with van der Waals surface area (Å²) in [7, 11) is 0. The van der Waals surface area contributed by atoms with Crippen molar-refractivity contribution < 1.29 is 18.9 Å². The molecule has 0 radical (unpaired) electrons. The van der Waals surface area contributed by atoms with Gasteiger partial charge in [-0.25, -0.2) is 0 Å². The Labute approximate surface area is 194 Å². The third-order valence-corrected chi connectivity index (χ3v) is 11.0. The van der Waals surface area contributed by atoms with Crippen LogP contribution in [-0.4, -0.2) is 36.6 Å². The van der Waals surface area contributed by atoms with Gasteiger partial charge in [-0.1, -0.05) is 12.1 Å². The van der Waals surface area contributed by atoms with Gasteiger partial charge in [0.05, 0.1) is 9.16 Å². The molecule has 160 valence electrons. The van der Waals surface area contributed by atoms with Crippen LogP contribution in [0.25, 0.3) is 0 Å². The average molecular weight is 481 g/mol. The molecule has 0 N–H and O–H groups in total. The molecule has 0 atom stereocenters. The zero-order valence-corrected chi connectivity index (χ0v) is 19.8. The highest BCUT2D eigenvalue weighted by molar-refractivity contribution is 8.17. The molecule has 4 heterocycles. The molecule has 0 spiro atoms. The number of hydrogen-bond acceptors (Lipinski definition) is 8. The Morgan fingerprint density at radius 2 is 0.933 bits per heavy atom. The molecule has 0 saturated carbocycles. The quantitative estimate of drug-likeness (QED) is 0.478. The molecule has 0 aliphatic carbocycles. The number of rotatable bonds is 2. The van der Waals surface area contributed by atoms with Crippen LogP contribution in [0.1, 0.15) is 33.1 Å². The molecule has 0 bridgehead atoms. The van der Waals surface area contributed by atoms with E-state index in [9.17, 15) is 0 Å². The number of benzene rings is 2. The molecule has 8 heteroatoms. The number of hydrogen-bond donors (Lipinski definition) is 0. The minimum atomic E-state index is 0.365. The van der Waals surface area contributed by atoms with Crippen molar-refractivity contribution in [3.05, 3.63) is 47.5 Å². The van der Waals surface area contributed by atoms with Crippen molar-refractivity contribution in [1.82, 2.24) is 0 Å². The van der Waals surface area contributed by atoms with Crippen LogP contribution in [-0.2, 0) is 0 Å². The molecule has 6 rings (SSSR count). The molecular formula is C22H24O4S4. The fraction of sp³-hybridized carbons (Fsp3) is 0.455. The van der Waals surface area contributed by atoms with Gasteiger partial charge in [0.15, 0.2) is 23.0 Å². The van der Waals surface area contributed by atoms with Gasteiger partial charge in [-0.05, 0) is 71.2 Å². The van der Waals surface area contributed by atoms with Gasteiger partial charge in [0.25, 0.3) is 0 Å². The van der Waals surface area contributed by atoms with Crippen molar-refractivity contribution in [3.8, 4) is 23.0 Å². The molecule has 0 aromatic heterocycles. The topological polar surface area (TPSA) is 36.9 Å². The van der Waals surface area contributed by atoms with E-state index >= 15 is 0 Å². The van der Waals surface area contributed by atoms with Crippen LogP contribution in [0, 0.1) is 0 Å². The minimum Gasteiger partial charge on any atom is -0.454 e. The highest BCUT2D eigenvalue weighted by atomic mass is 32.2. The predicted molar refractivity (Wildman–Crippen MR) is 130 cm³/mol. The highest BCUT2D eigenvalue weighted by Gasteiger charge is 2.21. The third-order valence-electron chi connectivity index (χ3n) is 4.99. The molecule has 4 aliphatic heterocycles. The van der Waals surface area contributed by atoms with E-state index in [0.717, 1.165) is 23.0 Å². The summed E-state index contributed by atoms with van der Waals surface area (Å²) in [6.45, 7) is 0.730. The molecule has 2 aromatic carbocycles. The Morgan fingerprint density at radius 3 is 1.37 bits per heavy atom. The lowest BCUT2D eigenvalue weighted by molar-refractivity contribution is 0.173. The fourth-order valence-corrected chi connectivity index (χ4v) is 9.23. The maximum Gasteiger partial charge on any atom is 0.231 e. The molecule has 2 saturated heterocycles. The molecule has 0 unspecified atom stereocenters. The second kappa shape index (κ2) is 10.1. The summed E-state index contributed by atoms with van der Waals surface area (Å²) in [4.78, 5) is 0. The van der Waals surface area contributed by atoms with Crippen LogP contribution in [0.2, 0.25) is 0 Å². The standard InChI is InChI=1S/2C11H12O2S2/c2*1-4-14-11(15-5-1)8-2-3-9-10(6-8)13-7-12-9/h2*2-3,6,11H,1,4-5,7H2. The second-order valence-corrected chi connectivity index (χ2v) is 12.5. The first-order valence-electron chi connectivity index (χ1n) is 10.1. The van der Waals surface area contributed by atoms with Crippen LogP contribution in [0.3, 0.4) is 0 Å². The number of ether oxygens (including phenoxy) is 4. The lowest BCUT2D eigenvalue weighted by Gasteiger charge is -2.21. The molecule has 30 heavy (non-hydrogen) atoms. The van der Waals surface area contributed by atoms with Crippen LogP contribution in [0.15, 0.2) is 36.4 Å². The molecule has 2 aromatic rings. The first kappa shape index (κ1) is 20.9. The summed E-state index contributed by atoms with van der Waals surface area (Å²) in [5.41, 5.74) is 2.71. The molecule has 0 amide bonds. The van der Waals surface area contributed by atoms with E-state index in [1.807, 2.05) is 59.2 Å². The normalized spacial score (nSPS) is 20.5. The van der Waals surface area contributed by atoms with E-state index in [1.54, 1.807) is 0 Å². The van der Waals surface area contributed by atoms with E-state index in [1.165, 1.54) is 47.0 Å². The first-order valence-corrected chi connectivity index (χ1v) is 14.3. The van der Waals surface area contributed by atoms with Gasteiger partial charge in [0.2, 0.25) is 13.6 Å². The van der Waals surface area contributed by atoms with Gasteiger partial charge in [-0.2, -0.15) is 0 Å². The van der Waals surface area contributed by atoms with Crippen molar-refractivity contribution in [2.45, 2.75) is 22.0 Å². The Hall–Kier alpha value is -0.960. The van der Waals surface area contributed by atoms with Crippen molar-refractivity contribution in [3.63, 3.8) is 0 Å². The van der Waals surface area contributed by atoms with E-state index in [0.29, 0.717) is 22.7 Å². The summed E-state index contributed by atoms with van der Waals surface area (Å²) in [5.74, 6) is 8.64. The Kier molecular flexibility index (Phi) is 7.05.